The average Bonchev–Trinajstić information content (AvgIpc) is 2.04. The van der Waals surface area contributed by atoms with Crippen molar-refractivity contribution in [3.8, 4) is 0 Å². The maximum atomic E-state index is 4.05. The minimum atomic E-state index is 1.05. The van der Waals surface area contributed by atoms with E-state index in [1.54, 1.807) is 12.3 Å². The maximum Gasteiger partial charge on any atom is 0.0471 e. The van der Waals surface area contributed by atoms with Crippen molar-refractivity contribution < 1.29 is 0 Å². The van der Waals surface area contributed by atoms with E-state index in [1.807, 2.05) is 20.2 Å². The second-order valence-electron chi connectivity index (χ2n) is 2.37. The van der Waals surface area contributed by atoms with Gasteiger partial charge in [-0.15, -0.1) is 0 Å². The molecule has 0 saturated heterocycles. The summed E-state index contributed by atoms with van der Waals surface area (Å²) in [5, 5.41) is 3.10. The Morgan fingerprint density at radius 2 is 2.27 bits per heavy atom. The summed E-state index contributed by atoms with van der Waals surface area (Å²) < 4.78 is 0. The first-order valence-electron chi connectivity index (χ1n) is 3.54. The number of nitrogens with one attached hydrogen (secondary N) is 1. The molecular weight excluding hydrogens is 136 g/mol. The van der Waals surface area contributed by atoms with Crippen LogP contribution in [0.15, 0.2) is 19.0 Å². The van der Waals surface area contributed by atoms with Crippen molar-refractivity contribution in [3.63, 3.8) is 0 Å². The summed E-state index contributed by atoms with van der Waals surface area (Å²) in [5.41, 5.74) is 3.30. The molecule has 2 nitrogen and oxygen atoms in total. The molecule has 58 valence electrons. The minimum Gasteiger partial charge on any atom is -0.387 e. The summed E-state index contributed by atoms with van der Waals surface area (Å²) in [6, 6.07) is 0. The molecule has 1 heterocycles. The molecule has 0 amide bonds. The molecule has 0 aliphatic heterocycles. The quantitative estimate of drug-likeness (QED) is 0.694. The fraction of sp³-hybridized carbons (Fsp3) is 0.222. The molecule has 0 atom stereocenters. The van der Waals surface area contributed by atoms with Crippen LogP contribution in [0.4, 0.5) is 5.69 Å². The van der Waals surface area contributed by atoms with Crippen LogP contribution in [0.2, 0.25) is 0 Å². The number of aryl methyl sites for hydroxylation is 1. The molecule has 1 aromatic heterocycles. The Morgan fingerprint density at radius 3 is 2.73 bits per heavy atom. The van der Waals surface area contributed by atoms with Crippen LogP contribution < -0.4 is 5.32 Å². The fourth-order valence-corrected chi connectivity index (χ4v) is 1.08. The Labute approximate surface area is 67.0 Å². The molecule has 0 unspecified atom stereocenters. The van der Waals surface area contributed by atoms with E-state index in [4.69, 9.17) is 0 Å². The first kappa shape index (κ1) is 7.79. The number of aromatic nitrogens is 1. The number of hydrogen-bond acceptors (Lipinski definition) is 2. The molecule has 0 saturated carbocycles. The van der Waals surface area contributed by atoms with Gasteiger partial charge in [0, 0.05) is 30.7 Å². The molecule has 1 N–H and O–H groups in total. The molecule has 1 aromatic rings. The molecule has 0 bridgehead atoms. The van der Waals surface area contributed by atoms with E-state index < -0.39 is 0 Å². The van der Waals surface area contributed by atoms with Gasteiger partial charge in [0.25, 0.3) is 0 Å². The smallest absolute Gasteiger partial charge is 0.0471 e. The highest BCUT2D eigenvalue weighted by atomic mass is 14.8. The number of rotatable bonds is 2. The summed E-state index contributed by atoms with van der Waals surface area (Å²) in [6.45, 7) is 5.72. The molecule has 11 heavy (non-hydrogen) atoms. The van der Waals surface area contributed by atoms with Gasteiger partial charge < -0.3 is 5.32 Å². The Hall–Kier alpha value is -1.31. The van der Waals surface area contributed by atoms with Crippen molar-refractivity contribution in [3.05, 3.63) is 30.1 Å². The molecule has 0 radical (unpaired) electrons. The largest absolute Gasteiger partial charge is 0.387 e. The van der Waals surface area contributed by atoms with Crippen LogP contribution in [0, 0.1) is 6.92 Å². The average molecular weight is 148 g/mol. The summed E-state index contributed by atoms with van der Waals surface area (Å²) in [7, 11) is 1.90. The third kappa shape index (κ3) is 1.40. The van der Waals surface area contributed by atoms with Gasteiger partial charge in [-0.05, 0) is 12.5 Å². The lowest BCUT2D eigenvalue weighted by Gasteiger charge is -2.06. The first-order chi connectivity index (χ1) is 5.29. The van der Waals surface area contributed by atoms with E-state index in [0.717, 1.165) is 16.8 Å². The van der Waals surface area contributed by atoms with E-state index in [0.29, 0.717) is 0 Å². The second kappa shape index (κ2) is 3.19. The third-order valence-corrected chi connectivity index (χ3v) is 1.63. The first-order valence-corrected chi connectivity index (χ1v) is 3.54. The van der Waals surface area contributed by atoms with Gasteiger partial charge in [-0.2, -0.15) is 0 Å². The number of hydrogen-bond donors (Lipinski definition) is 1. The Morgan fingerprint density at radius 1 is 1.55 bits per heavy atom. The van der Waals surface area contributed by atoms with Crippen molar-refractivity contribution >= 4 is 11.8 Å². The molecule has 0 aliphatic carbocycles. The highest BCUT2D eigenvalue weighted by molar-refractivity contribution is 5.67. The molecule has 0 aliphatic rings. The lowest BCUT2D eigenvalue weighted by atomic mass is 10.1. The van der Waals surface area contributed by atoms with E-state index in [1.165, 1.54) is 0 Å². The summed E-state index contributed by atoms with van der Waals surface area (Å²) in [5.74, 6) is 0. The topological polar surface area (TPSA) is 24.9 Å². The lowest BCUT2D eigenvalue weighted by Crippen LogP contribution is -1.95. The van der Waals surface area contributed by atoms with Crippen LogP contribution in [0.25, 0.3) is 6.08 Å². The third-order valence-electron chi connectivity index (χ3n) is 1.63. The standard InChI is InChI=1S/C9H12N2/c1-4-8-6-11-5-7(2)9(8)10-3/h4-6H,1H2,2-3H3,(H,10,11). The van der Waals surface area contributed by atoms with Gasteiger partial charge in [0.1, 0.15) is 0 Å². The highest BCUT2D eigenvalue weighted by Gasteiger charge is 1.99. The number of nitrogens with zero attached hydrogens (tertiary/aromatic N) is 1. The molecule has 0 aromatic carbocycles. The van der Waals surface area contributed by atoms with Crippen LogP contribution in [-0.4, -0.2) is 12.0 Å². The SMILES string of the molecule is C=Cc1cncc(C)c1NC. The van der Waals surface area contributed by atoms with Crippen molar-refractivity contribution in [1.82, 2.24) is 4.98 Å². The van der Waals surface area contributed by atoms with E-state index in [9.17, 15) is 0 Å². The normalized spacial score (nSPS) is 9.27. The Balaban J connectivity index is 3.23. The number of pyridine rings is 1. The van der Waals surface area contributed by atoms with Crippen molar-refractivity contribution in [2.24, 2.45) is 0 Å². The Kier molecular flexibility index (Phi) is 2.26. The van der Waals surface area contributed by atoms with Crippen LogP contribution in [0.3, 0.4) is 0 Å². The van der Waals surface area contributed by atoms with Crippen molar-refractivity contribution in [2.45, 2.75) is 6.92 Å². The van der Waals surface area contributed by atoms with Gasteiger partial charge in [0.2, 0.25) is 0 Å². The molecule has 0 spiro atoms. The van der Waals surface area contributed by atoms with Crippen LogP contribution in [0.5, 0.6) is 0 Å². The van der Waals surface area contributed by atoms with Crippen molar-refractivity contribution in [1.29, 1.82) is 0 Å². The zero-order chi connectivity index (χ0) is 8.27. The van der Waals surface area contributed by atoms with Crippen LogP contribution in [-0.2, 0) is 0 Å². The zero-order valence-electron chi connectivity index (χ0n) is 6.89. The van der Waals surface area contributed by atoms with Gasteiger partial charge in [0.05, 0.1) is 0 Å². The highest BCUT2D eigenvalue weighted by Crippen LogP contribution is 2.18. The minimum absolute atomic E-state index is 1.05. The van der Waals surface area contributed by atoms with Gasteiger partial charge >= 0.3 is 0 Å². The predicted molar refractivity (Wildman–Crippen MR) is 48.6 cm³/mol. The zero-order valence-corrected chi connectivity index (χ0v) is 6.89. The fourth-order valence-electron chi connectivity index (χ4n) is 1.08. The van der Waals surface area contributed by atoms with Gasteiger partial charge in [-0.25, -0.2) is 0 Å². The maximum absolute atomic E-state index is 4.05. The van der Waals surface area contributed by atoms with Crippen LogP contribution >= 0.6 is 0 Å². The Bertz CT molecular complexity index is 266. The molecule has 2 heteroatoms. The van der Waals surface area contributed by atoms with E-state index in [2.05, 4.69) is 16.9 Å². The molecule has 1 rings (SSSR count). The van der Waals surface area contributed by atoms with Crippen LogP contribution in [0.1, 0.15) is 11.1 Å². The van der Waals surface area contributed by atoms with Gasteiger partial charge in [-0.3, -0.25) is 4.98 Å². The summed E-state index contributed by atoms with van der Waals surface area (Å²) in [4.78, 5) is 4.05. The molecular formula is C9H12N2. The van der Waals surface area contributed by atoms with E-state index >= 15 is 0 Å². The second-order valence-corrected chi connectivity index (χ2v) is 2.37. The lowest BCUT2D eigenvalue weighted by molar-refractivity contribution is 1.25. The van der Waals surface area contributed by atoms with Crippen molar-refractivity contribution in [2.75, 3.05) is 12.4 Å². The predicted octanol–water partition coefficient (Wildman–Crippen LogP) is 2.07. The summed E-state index contributed by atoms with van der Waals surface area (Å²) in [6.07, 6.45) is 5.43. The van der Waals surface area contributed by atoms with Gasteiger partial charge in [-0.1, -0.05) is 12.7 Å². The molecule has 0 fully saturated rings. The monoisotopic (exact) mass is 148 g/mol. The van der Waals surface area contributed by atoms with Gasteiger partial charge in [0.15, 0.2) is 0 Å². The van der Waals surface area contributed by atoms with E-state index in [-0.39, 0.29) is 0 Å². The number of anilines is 1. The summed E-state index contributed by atoms with van der Waals surface area (Å²) >= 11 is 0.